The van der Waals surface area contributed by atoms with E-state index in [1.807, 2.05) is 12.1 Å². The number of methoxy groups -OCH3 is 1. The zero-order valence-corrected chi connectivity index (χ0v) is 12.0. The maximum Gasteiger partial charge on any atom is 0.119 e. The molecule has 0 saturated carbocycles. The van der Waals surface area contributed by atoms with Crippen molar-refractivity contribution in [3.63, 3.8) is 0 Å². The summed E-state index contributed by atoms with van der Waals surface area (Å²) in [7, 11) is 1.71. The van der Waals surface area contributed by atoms with Crippen LogP contribution in [-0.4, -0.2) is 18.6 Å². The van der Waals surface area contributed by atoms with Crippen LogP contribution in [0, 0.1) is 0 Å². The van der Waals surface area contributed by atoms with Crippen LogP contribution in [0.5, 0.6) is 5.75 Å². The summed E-state index contributed by atoms with van der Waals surface area (Å²) in [4.78, 5) is 3.60. The van der Waals surface area contributed by atoms with E-state index in [4.69, 9.17) is 4.74 Å². The lowest BCUT2D eigenvalue weighted by Crippen LogP contribution is -2.30. The predicted octanol–water partition coefficient (Wildman–Crippen LogP) is 3.41. The molecule has 0 saturated heterocycles. The number of aromatic nitrogens is 1. The van der Waals surface area contributed by atoms with Gasteiger partial charge >= 0.3 is 0 Å². The van der Waals surface area contributed by atoms with Crippen molar-refractivity contribution in [2.24, 2.45) is 0 Å². The number of hydrogen-bond donors (Lipinski definition) is 2. The molecule has 0 amide bonds. The van der Waals surface area contributed by atoms with E-state index in [0.29, 0.717) is 0 Å². The zero-order chi connectivity index (χ0) is 14.2. The number of fused-ring (bicyclic) bond motifs is 3. The Balaban J connectivity index is 1.86. The van der Waals surface area contributed by atoms with Gasteiger partial charge in [-0.1, -0.05) is 30.3 Å². The first kappa shape index (κ1) is 12.5. The van der Waals surface area contributed by atoms with Crippen LogP contribution in [0.25, 0.3) is 10.9 Å². The SMILES string of the molecule is COc1cccc([C@H]2NCCc3c2[nH]c2ccccc32)c1. The highest BCUT2D eigenvalue weighted by molar-refractivity contribution is 5.85. The Labute approximate surface area is 123 Å². The summed E-state index contributed by atoms with van der Waals surface area (Å²) >= 11 is 0. The minimum atomic E-state index is 0.205. The van der Waals surface area contributed by atoms with Crippen LogP contribution in [-0.2, 0) is 6.42 Å². The standard InChI is InChI=1S/C18H18N2O/c1-21-13-6-4-5-12(11-13)17-18-15(9-10-19-17)14-7-2-3-8-16(14)20-18/h2-8,11,17,19-20H,9-10H2,1H3/t17-/m1/s1. The fourth-order valence-corrected chi connectivity index (χ4v) is 3.29. The molecule has 1 aliphatic heterocycles. The number of hydrogen-bond acceptors (Lipinski definition) is 2. The normalized spacial score (nSPS) is 17.7. The fraction of sp³-hybridized carbons (Fsp3) is 0.222. The van der Waals surface area contributed by atoms with E-state index in [1.165, 1.54) is 27.7 Å². The van der Waals surface area contributed by atoms with Crippen molar-refractivity contribution in [3.05, 3.63) is 65.4 Å². The summed E-state index contributed by atoms with van der Waals surface area (Å²) in [5.74, 6) is 0.900. The second kappa shape index (κ2) is 4.93. The van der Waals surface area contributed by atoms with E-state index in [0.717, 1.165) is 18.7 Å². The molecule has 0 radical (unpaired) electrons. The fourth-order valence-electron chi connectivity index (χ4n) is 3.29. The first-order valence-electron chi connectivity index (χ1n) is 7.33. The van der Waals surface area contributed by atoms with Gasteiger partial charge in [-0.15, -0.1) is 0 Å². The number of para-hydroxylation sites is 1. The Morgan fingerprint density at radius 1 is 1.10 bits per heavy atom. The minimum Gasteiger partial charge on any atom is -0.497 e. The lowest BCUT2D eigenvalue weighted by molar-refractivity contribution is 0.413. The van der Waals surface area contributed by atoms with Crippen LogP contribution < -0.4 is 10.1 Å². The number of ether oxygens (including phenoxy) is 1. The van der Waals surface area contributed by atoms with Crippen molar-refractivity contribution >= 4 is 10.9 Å². The molecule has 3 aromatic rings. The van der Waals surface area contributed by atoms with Crippen molar-refractivity contribution in [3.8, 4) is 5.75 Å². The van der Waals surface area contributed by atoms with Crippen LogP contribution in [0.4, 0.5) is 0 Å². The Kier molecular flexibility index (Phi) is 2.93. The van der Waals surface area contributed by atoms with Gasteiger partial charge in [0.05, 0.1) is 13.2 Å². The van der Waals surface area contributed by atoms with E-state index in [9.17, 15) is 0 Å². The number of aromatic amines is 1. The average Bonchev–Trinajstić information content (AvgIpc) is 2.93. The Hall–Kier alpha value is -2.26. The highest BCUT2D eigenvalue weighted by Gasteiger charge is 2.25. The minimum absolute atomic E-state index is 0.205. The first-order chi connectivity index (χ1) is 10.4. The predicted molar refractivity (Wildman–Crippen MR) is 84.8 cm³/mol. The van der Waals surface area contributed by atoms with Gasteiger partial charge in [-0.3, -0.25) is 0 Å². The van der Waals surface area contributed by atoms with Gasteiger partial charge in [-0.2, -0.15) is 0 Å². The van der Waals surface area contributed by atoms with Crippen molar-refractivity contribution in [1.82, 2.24) is 10.3 Å². The average molecular weight is 278 g/mol. The van der Waals surface area contributed by atoms with E-state index in [1.54, 1.807) is 7.11 Å². The third kappa shape index (κ3) is 2.01. The number of H-pyrrole nitrogens is 1. The Bertz CT molecular complexity index is 791. The molecule has 1 aromatic heterocycles. The van der Waals surface area contributed by atoms with Crippen LogP contribution >= 0.6 is 0 Å². The number of benzene rings is 2. The molecule has 1 aliphatic rings. The first-order valence-corrected chi connectivity index (χ1v) is 7.33. The van der Waals surface area contributed by atoms with Gasteiger partial charge in [0.1, 0.15) is 5.75 Å². The van der Waals surface area contributed by atoms with Gasteiger partial charge in [0.15, 0.2) is 0 Å². The topological polar surface area (TPSA) is 37.0 Å². The molecule has 0 bridgehead atoms. The smallest absolute Gasteiger partial charge is 0.119 e. The Morgan fingerprint density at radius 3 is 2.90 bits per heavy atom. The lowest BCUT2D eigenvalue weighted by Gasteiger charge is -2.25. The van der Waals surface area contributed by atoms with E-state index >= 15 is 0 Å². The molecule has 4 rings (SSSR count). The van der Waals surface area contributed by atoms with E-state index < -0.39 is 0 Å². The molecule has 2 aromatic carbocycles. The molecular weight excluding hydrogens is 260 g/mol. The van der Waals surface area contributed by atoms with Crippen molar-refractivity contribution in [2.75, 3.05) is 13.7 Å². The van der Waals surface area contributed by atoms with Gasteiger partial charge in [0, 0.05) is 23.1 Å². The molecule has 0 spiro atoms. The second-order valence-corrected chi connectivity index (χ2v) is 5.48. The van der Waals surface area contributed by atoms with Gasteiger partial charge in [0.25, 0.3) is 0 Å². The molecule has 21 heavy (non-hydrogen) atoms. The third-order valence-corrected chi connectivity index (χ3v) is 4.29. The largest absolute Gasteiger partial charge is 0.497 e. The van der Waals surface area contributed by atoms with Gasteiger partial charge in [0.2, 0.25) is 0 Å². The second-order valence-electron chi connectivity index (χ2n) is 5.48. The molecule has 0 aliphatic carbocycles. The van der Waals surface area contributed by atoms with Crippen LogP contribution in [0.2, 0.25) is 0 Å². The molecule has 106 valence electrons. The van der Waals surface area contributed by atoms with E-state index in [-0.39, 0.29) is 6.04 Å². The van der Waals surface area contributed by atoms with Gasteiger partial charge in [-0.05, 0) is 35.7 Å². The molecule has 0 fully saturated rings. The molecular formula is C18H18N2O. The highest BCUT2D eigenvalue weighted by Crippen LogP contribution is 2.34. The van der Waals surface area contributed by atoms with Crippen molar-refractivity contribution < 1.29 is 4.74 Å². The molecule has 3 heteroatoms. The molecule has 2 heterocycles. The monoisotopic (exact) mass is 278 g/mol. The summed E-state index contributed by atoms with van der Waals surface area (Å²) in [5.41, 5.74) is 5.19. The van der Waals surface area contributed by atoms with E-state index in [2.05, 4.69) is 46.7 Å². The number of rotatable bonds is 2. The molecule has 3 nitrogen and oxygen atoms in total. The van der Waals surface area contributed by atoms with Crippen LogP contribution in [0.3, 0.4) is 0 Å². The quantitative estimate of drug-likeness (QED) is 0.753. The lowest BCUT2D eigenvalue weighted by atomic mass is 9.94. The van der Waals surface area contributed by atoms with Crippen LogP contribution in [0.15, 0.2) is 48.5 Å². The maximum atomic E-state index is 5.35. The number of nitrogens with one attached hydrogen (secondary N) is 2. The summed E-state index contributed by atoms with van der Waals surface area (Å²) in [6, 6.07) is 17.0. The maximum absolute atomic E-state index is 5.35. The van der Waals surface area contributed by atoms with Crippen molar-refractivity contribution in [2.45, 2.75) is 12.5 Å². The summed E-state index contributed by atoms with van der Waals surface area (Å²) in [6.07, 6.45) is 1.07. The molecule has 1 atom stereocenters. The molecule has 0 unspecified atom stereocenters. The molecule has 2 N–H and O–H groups in total. The van der Waals surface area contributed by atoms with Crippen LogP contribution in [0.1, 0.15) is 22.9 Å². The third-order valence-electron chi connectivity index (χ3n) is 4.29. The summed E-state index contributed by atoms with van der Waals surface area (Å²) in [6.45, 7) is 0.997. The van der Waals surface area contributed by atoms with Gasteiger partial charge in [-0.25, -0.2) is 0 Å². The van der Waals surface area contributed by atoms with Gasteiger partial charge < -0.3 is 15.0 Å². The highest BCUT2D eigenvalue weighted by atomic mass is 16.5. The zero-order valence-electron chi connectivity index (χ0n) is 12.0. The summed E-state index contributed by atoms with van der Waals surface area (Å²) < 4.78 is 5.35. The Morgan fingerprint density at radius 2 is 2.00 bits per heavy atom. The van der Waals surface area contributed by atoms with Crippen molar-refractivity contribution in [1.29, 1.82) is 0 Å². The summed E-state index contributed by atoms with van der Waals surface area (Å²) in [5, 5.41) is 4.97.